The van der Waals surface area contributed by atoms with E-state index in [1.54, 1.807) is 4.57 Å². The van der Waals surface area contributed by atoms with Crippen LogP contribution in [-0.4, -0.2) is 50.6 Å². The van der Waals surface area contributed by atoms with E-state index in [-0.39, 0.29) is 22.6 Å². The normalized spacial score (nSPS) is 15.5. The van der Waals surface area contributed by atoms with Crippen LogP contribution >= 0.6 is 11.8 Å². The van der Waals surface area contributed by atoms with E-state index in [0.29, 0.717) is 42.6 Å². The molecule has 0 bridgehead atoms. The van der Waals surface area contributed by atoms with Crippen LogP contribution in [0, 0.1) is 0 Å². The van der Waals surface area contributed by atoms with E-state index < -0.39 is 0 Å². The van der Waals surface area contributed by atoms with Gasteiger partial charge in [0.25, 0.3) is 5.56 Å². The molecular formula is C26H29N5O3S. The molecule has 0 radical (unpaired) electrons. The van der Waals surface area contributed by atoms with E-state index in [9.17, 15) is 9.59 Å². The number of para-hydroxylation sites is 1. The molecule has 9 heteroatoms. The zero-order valence-corrected chi connectivity index (χ0v) is 20.6. The van der Waals surface area contributed by atoms with Gasteiger partial charge in [-0.1, -0.05) is 61.2 Å². The van der Waals surface area contributed by atoms with E-state index in [2.05, 4.69) is 27.6 Å². The smallest absolute Gasteiger partial charge is 0.262 e. The van der Waals surface area contributed by atoms with E-state index in [1.807, 2.05) is 53.8 Å². The van der Waals surface area contributed by atoms with Crippen molar-refractivity contribution in [2.24, 2.45) is 0 Å². The molecule has 2 aromatic heterocycles. The molecule has 1 aliphatic rings. The average molecular weight is 492 g/mol. The molecule has 0 aliphatic carbocycles. The maximum absolute atomic E-state index is 13.0. The average Bonchev–Trinajstić information content (AvgIpc) is 3.34. The first-order valence-electron chi connectivity index (χ1n) is 12.0. The van der Waals surface area contributed by atoms with Crippen LogP contribution < -0.4 is 10.9 Å². The number of benzene rings is 2. The molecule has 0 unspecified atom stereocenters. The molecule has 1 aliphatic heterocycles. The van der Waals surface area contributed by atoms with Crippen LogP contribution in [0.5, 0.6) is 0 Å². The lowest BCUT2D eigenvalue weighted by Crippen LogP contribution is -2.45. The van der Waals surface area contributed by atoms with Gasteiger partial charge in [-0.3, -0.25) is 18.6 Å². The van der Waals surface area contributed by atoms with Gasteiger partial charge in [0.2, 0.25) is 11.7 Å². The van der Waals surface area contributed by atoms with Gasteiger partial charge in [-0.25, -0.2) is 0 Å². The Morgan fingerprint density at radius 1 is 1.09 bits per heavy atom. The van der Waals surface area contributed by atoms with Crippen molar-refractivity contribution in [3.05, 3.63) is 70.5 Å². The Morgan fingerprint density at radius 2 is 1.83 bits per heavy atom. The van der Waals surface area contributed by atoms with Gasteiger partial charge < -0.3 is 10.1 Å². The molecule has 8 nitrogen and oxygen atoms in total. The number of thioether (sulfide) groups is 1. The summed E-state index contributed by atoms with van der Waals surface area (Å²) in [6, 6.07) is 17.8. The highest BCUT2D eigenvalue weighted by Crippen LogP contribution is 2.34. The summed E-state index contributed by atoms with van der Waals surface area (Å²) in [6.07, 6.45) is 2.56. The number of carbonyl (C=O) groups excluding carboxylic acids is 1. The summed E-state index contributed by atoms with van der Waals surface area (Å²) in [4.78, 5) is 25.9. The molecule has 0 saturated carbocycles. The SMILES string of the molecule is CCCn1c(=O)c2ccccc2n2c(SCC(=O)NCC3(c4ccccc4)CCOCC3)nnc12. The molecule has 4 aromatic rings. The second kappa shape index (κ2) is 10.2. The quantitative estimate of drug-likeness (QED) is 0.380. The Balaban J connectivity index is 1.35. The van der Waals surface area contributed by atoms with Crippen LogP contribution in [0.1, 0.15) is 31.7 Å². The third-order valence-electron chi connectivity index (χ3n) is 6.72. The topological polar surface area (TPSA) is 90.5 Å². The van der Waals surface area contributed by atoms with Crippen molar-refractivity contribution in [2.45, 2.75) is 43.3 Å². The summed E-state index contributed by atoms with van der Waals surface area (Å²) in [6.45, 7) is 4.53. The summed E-state index contributed by atoms with van der Waals surface area (Å²) in [5.41, 5.74) is 1.80. The third kappa shape index (κ3) is 4.58. The molecule has 1 N–H and O–H groups in total. The first kappa shape index (κ1) is 23.6. The monoisotopic (exact) mass is 491 g/mol. The number of nitrogens with one attached hydrogen (secondary N) is 1. The van der Waals surface area contributed by atoms with Gasteiger partial charge >= 0.3 is 0 Å². The van der Waals surface area contributed by atoms with Crippen LogP contribution in [0.25, 0.3) is 16.7 Å². The van der Waals surface area contributed by atoms with E-state index >= 15 is 0 Å². The molecule has 182 valence electrons. The standard InChI is InChI=1S/C26H29N5O3S/c1-2-14-30-23(33)20-10-6-7-11-21(20)31-24(30)28-29-25(31)35-17-22(32)27-18-26(12-15-34-16-13-26)19-8-4-3-5-9-19/h3-11H,2,12-18H2,1H3,(H,27,32). The van der Waals surface area contributed by atoms with Gasteiger partial charge in [-0.2, -0.15) is 0 Å². The Morgan fingerprint density at radius 3 is 2.60 bits per heavy atom. The minimum Gasteiger partial charge on any atom is -0.381 e. The van der Waals surface area contributed by atoms with Crippen LogP contribution in [0.3, 0.4) is 0 Å². The fourth-order valence-corrected chi connectivity index (χ4v) is 5.59. The summed E-state index contributed by atoms with van der Waals surface area (Å²) in [5, 5.41) is 13.0. The zero-order valence-electron chi connectivity index (χ0n) is 19.8. The molecular weight excluding hydrogens is 462 g/mol. The second-order valence-electron chi connectivity index (χ2n) is 8.92. The van der Waals surface area contributed by atoms with Gasteiger partial charge in [0.15, 0.2) is 5.16 Å². The molecule has 3 heterocycles. The summed E-state index contributed by atoms with van der Waals surface area (Å²) < 4.78 is 9.15. The molecule has 1 amide bonds. The number of ether oxygens (including phenoxy) is 1. The molecule has 0 atom stereocenters. The number of rotatable bonds is 8. The number of aryl methyl sites for hydroxylation is 1. The lowest BCUT2D eigenvalue weighted by atomic mass is 9.74. The predicted molar refractivity (Wildman–Crippen MR) is 137 cm³/mol. The minimum absolute atomic E-state index is 0.0558. The van der Waals surface area contributed by atoms with Gasteiger partial charge in [-0.15, -0.1) is 10.2 Å². The second-order valence-corrected chi connectivity index (χ2v) is 9.86. The first-order valence-corrected chi connectivity index (χ1v) is 13.0. The number of aromatic nitrogens is 4. The number of fused-ring (bicyclic) bond motifs is 3. The van der Waals surface area contributed by atoms with E-state index in [0.717, 1.165) is 24.8 Å². The highest BCUT2D eigenvalue weighted by Gasteiger charge is 2.34. The fourth-order valence-electron chi connectivity index (χ4n) is 4.82. The maximum atomic E-state index is 13.0. The van der Waals surface area contributed by atoms with Crippen LogP contribution in [-0.2, 0) is 21.5 Å². The molecule has 35 heavy (non-hydrogen) atoms. The fraction of sp³-hybridized carbons (Fsp3) is 0.385. The molecule has 2 aromatic carbocycles. The molecule has 5 rings (SSSR count). The van der Waals surface area contributed by atoms with Crippen molar-refractivity contribution in [1.82, 2.24) is 24.5 Å². The predicted octanol–water partition coefficient (Wildman–Crippen LogP) is 3.41. The lowest BCUT2D eigenvalue weighted by Gasteiger charge is -2.38. The van der Waals surface area contributed by atoms with Crippen molar-refractivity contribution in [1.29, 1.82) is 0 Å². The van der Waals surface area contributed by atoms with Crippen molar-refractivity contribution in [2.75, 3.05) is 25.5 Å². The van der Waals surface area contributed by atoms with Gasteiger partial charge in [-0.05, 0) is 37.0 Å². The third-order valence-corrected chi connectivity index (χ3v) is 7.65. The summed E-state index contributed by atoms with van der Waals surface area (Å²) in [7, 11) is 0. The molecule has 1 saturated heterocycles. The Labute approximate surface area is 207 Å². The van der Waals surface area contributed by atoms with Crippen LogP contribution in [0.15, 0.2) is 64.5 Å². The molecule has 0 spiro atoms. The number of hydrogen-bond acceptors (Lipinski definition) is 6. The van der Waals surface area contributed by atoms with Gasteiger partial charge in [0.05, 0.1) is 16.7 Å². The Bertz CT molecular complexity index is 1390. The Hall–Kier alpha value is -3.17. The Kier molecular flexibility index (Phi) is 6.88. The maximum Gasteiger partial charge on any atom is 0.262 e. The summed E-state index contributed by atoms with van der Waals surface area (Å²) >= 11 is 1.33. The van der Waals surface area contributed by atoms with E-state index in [4.69, 9.17) is 4.74 Å². The highest BCUT2D eigenvalue weighted by molar-refractivity contribution is 7.99. The van der Waals surface area contributed by atoms with Crippen molar-refractivity contribution in [3.8, 4) is 0 Å². The van der Waals surface area contributed by atoms with Crippen molar-refractivity contribution < 1.29 is 9.53 Å². The lowest BCUT2D eigenvalue weighted by molar-refractivity contribution is -0.119. The summed E-state index contributed by atoms with van der Waals surface area (Å²) in [5.74, 6) is 0.659. The van der Waals surface area contributed by atoms with Crippen molar-refractivity contribution >= 4 is 34.3 Å². The number of hydrogen-bond donors (Lipinski definition) is 1. The number of amides is 1. The van der Waals surface area contributed by atoms with Gasteiger partial charge in [0.1, 0.15) is 0 Å². The molecule has 1 fully saturated rings. The zero-order chi connectivity index (χ0) is 24.3. The van der Waals surface area contributed by atoms with Crippen molar-refractivity contribution in [3.63, 3.8) is 0 Å². The largest absolute Gasteiger partial charge is 0.381 e. The minimum atomic E-state index is -0.117. The van der Waals surface area contributed by atoms with Crippen LogP contribution in [0.2, 0.25) is 0 Å². The number of nitrogens with zero attached hydrogens (tertiary/aromatic N) is 4. The number of carbonyl (C=O) groups is 1. The van der Waals surface area contributed by atoms with Crippen LogP contribution in [0.4, 0.5) is 0 Å². The highest BCUT2D eigenvalue weighted by atomic mass is 32.2. The van der Waals surface area contributed by atoms with E-state index in [1.165, 1.54) is 17.3 Å². The first-order chi connectivity index (χ1) is 17.1. The van der Waals surface area contributed by atoms with Gasteiger partial charge in [0, 0.05) is 31.7 Å².